The van der Waals surface area contributed by atoms with E-state index in [0.29, 0.717) is 34.9 Å². The summed E-state index contributed by atoms with van der Waals surface area (Å²) >= 11 is 3.64. The molecule has 0 unspecified atom stereocenters. The molecule has 0 saturated heterocycles. The summed E-state index contributed by atoms with van der Waals surface area (Å²) in [5.41, 5.74) is 9.39. The monoisotopic (exact) mass is 745 g/mol. The number of nitrogens with zero attached hydrogens (tertiary/aromatic N) is 2. The van der Waals surface area contributed by atoms with Crippen molar-refractivity contribution < 1.29 is 19.1 Å². The number of anilines is 3. The summed E-state index contributed by atoms with van der Waals surface area (Å²) in [6.07, 6.45) is 1.53. The first-order valence-electron chi connectivity index (χ1n) is 14.5. The minimum absolute atomic E-state index is 0.180. The number of benzene rings is 4. The predicted octanol–water partition coefficient (Wildman–Crippen LogP) is 7.96. The first-order chi connectivity index (χ1) is 22.3. The number of amides is 2. The van der Waals surface area contributed by atoms with Crippen molar-refractivity contribution in [2.45, 2.75) is 20.8 Å². The molecule has 4 aromatic carbocycles. The molecule has 0 bridgehead atoms. The number of hydrogen-bond donors (Lipinski definition) is 3. The molecule has 5 rings (SSSR count). The molecule has 46 heavy (non-hydrogen) atoms. The molecule has 0 fully saturated rings. The minimum Gasteiger partial charge on any atom is -0.490 e. The van der Waals surface area contributed by atoms with Gasteiger partial charge in [-0.1, -0.05) is 42.0 Å². The van der Waals surface area contributed by atoms with Crippen LogP contribution in [-0.2, 0) is 4.79 Å². The highest BCUT2D eigenvalue weighted by atomic mass is 127. The number of aryl methyl sites for hydroxylation is 2. The molecular weight excluding hydrogens is 713 g/mol. The Morgan fingerprint density at radius 3 is 2.46 bits per heavy atom. The molecule has 0 aliphatic rings. The Morgan fingerprint density at radius 1 is 0.935 bits per heavy atom. The van der Waals surface area contributed by atoms with Crippen LogP contribution in [0.4, 0.5) is 16.5 Å². The van der Waals surface area contributed by atoms with E-state index in [1.165, 1.54) is 23.1 Å². The largest absolute Gasteiger partial charge is 0.490 e. The van der Waals surface area contributed by atoms with E-state index in [1.807, 2.05) is 86.0 Å². The molecule has 0 saturated carbocycles. The predicted molar refractivity (Wildman–Crippen MR) is 193 cm³/mol. The van der Waals surface area contributed by atoms with Crippen LogP contribution in [0.1, 0.15) is 34.0 Å². The van der Waals surface area contributed by atoms with E-state index in [2.05, 4.69) is 55.7 Å². The average Bonchev–Trinajstić information content (AvgIpc) is 3.50. The molecule has 11 heteroatoms. The number of halogens is 1. The van der Waals surface area contributed by atoms with Crippen LogP contribution in [0.15, 0.2) is 95.4 Å². The van der Waals surface area contributed by atoms with Gasteiger partial charge in [0.1, 0.15) is 0 Å². The smallest absolute Gasteiger partial charge is 0.271 e. The standard InChI is InChI=1S/C35H32IN5O4S/c1-4-44-31-18-24(17-29(36)33(31)45-20-32(42)38-28-7-5-6-23(3)16-28)19-37-41-34(43)26-12-10-25(11-13-26)30-21-46-35(40-30)39-27-14-8-22(2)9-15-27/h5-19,21H,4,20H2,1-3H3,(H,38,42)(H,39,40)(H,41,43)/b37-19+. The number of ether oxygens (including phenoxy) is 2. The van der Waals surface area contributed by atoms with Gasteiger partial charge in [-0.25, -0.2) is 10.4 Å². The van der Waals surface area contributed by atoms with E-state index < -0.39 is 0 Å². The highest BCUT2D eigenvalue weighted by molar-refractivity contribution is 14.1. The summed E-state index contributed by atoms with van der Waals surface area (Å²) in [5, 5.41) is 13.1. The molecule has 0 spiro atoms. The van der Waals surface area contributed by atoms with Crippen molar-refractivity contribution in [2.75, 3.05) is 23.8 Å². The third kappa shape index (κ3) is 8.92. The number of hydrazone groups is 1. The second-order valence-corrected chi connectivity index (χ2v) is 12.3. The zero-order valence-corrected chi connectivity index (χ0v) is 28.4. The van der Waals surface area contributed by atoms with Crippen molar-refractivity contribution in [3.63, 3.8) is 0 Å². The number of carbonyl (C=O) groups is 2. The molecule has 5 aromatic rings. The molecular formula is C35H32IN5O4S. The third-order valence-electron chi connectivity index (χ3n) is 6.61. The molecule has 0 radical (unpaired) electrons. The van der Waals surface area contributed by atoms with Crippen molar-refractivity contribution >= 4 is 68.5 Å². The molecule has 0 aliphatic heterocycles. The van der Waals surface area contributed by atoms with E-state index in [4.69, 9.17) is 9.47 Å². The van der Waals surface area contributed by atoms with Crippen molar-refractivity contribution in [3.05, 3.63) is 116 Å². The molecule has 234 valence electrons. The first-order valence-corrected chi connectivity index (χ1v) is 16.4. The third-order valence-corrected chi connectivity index (χ3v) is 8.17. The topological polar surface area (TPSA) is 114 Å². The molecule has 1 aromatic heterocycles. The Morgan fingerprint density at radius 2 is 1.72 bits per heavy atom. The van der Waals surface area contributed by atoms with Crippen LogP contribution < -0.4 is 25.5 Å². The number of nitrogens with one attached hydrogen (secondary N) is 3. The Kier molecular flexibility index (Phi) is 11.0. The van der Waals surface area contributed by atoms with E-state index in [-0.39, 0.29) is 18.4 Å². The van der Waals surface area contributed by atoms with Gasteiger partial charge in [0.25, 0.3) is 11.8 Å². The number of thiazole rings is 1. The Labute approximate surface area is 285 Å². The zero-order chi connectivity index (χ0) is 32.5. The van der Waals surface area contributed by atoms with Gasteiger partial charge in [-0.05, 0) is 103 Å². The van der Waals surface area contributed by atoms with Gasteiger partial charge in [0.05, 0.1) is 22.1 Å². The van der Waals surface area contributed by atoms with Gasteiger partial charge in [0, 0.05) is 27.9 Å². The lowest BCUT2D eigenvalue weighted by Gasteiger charge is -2.14. The molecule has 3 N–H and O–H groups in total. The van der Waals surface area contributed by atoms with Crippen LogP contribution in [0.25, 0.3) is 11.3 Å². The molecule has 1 heterocycles. The van der Waals surface area contributed by atoms with Crippen molar-refractivity contribution in [2.24, 2.45) is 5.10 Å². The summed E-state index contributed by atoms with van der Waals surface area (Å²) in [4.78, 5) is 29.9. The van der Waals surface area contributed by atoms with E-state index in [0.717, 1.165) is 31.2 Å². The van der Waals surface area contributed by atoms with E-state index in [1.54, 1.807) is 18.2 Å². The SMILES string of the molecule is CCOc1cc(/C=N/NC(=O)c2ccc(-c3csc(Nc4ccc(C)cc4)n3)cc2)cc(I)c1OCC(=O)Nc1cccc(C)c1. The summed E-state index contributed by atoms with van der Waals surface area (Å²) in [5.74, 6) is 0.306. The highest BCUT2D eigenvalue weighted by Crippen LogP contribution is 2.34. The lowest BCUT2D eigenvalue weighted by Crippen LogP contribution is -2.20. The van der Waals surface area contributed by atoms with Crippen molar-refractivity contribution in [3.8, 4) is 22.8 Å². The molecule has 9 nitrogen and oxygen atoms in total. The van der Waals surface area contributed by atoms with Crippen LogP contribution in [0.2, 0.25) is 0 Å². The fourth-order valence-electron chi connectivity index (χ4n) is 4.37. The maximum absolute atomic E-state index is 12.8. The van der Waals surface area contributed by atoms with Gasteiger partial charge in [-0.3, -0.25) is 9.59 Å². The summed E-state index contributed by atoms with van der Waals surface area (Å²) in [6.45, 7) is 6.10. The molecule has 0 aliphatic carbocycles. The van der Waals surface area contributed by atoms with Gasteiger partial charge in [-0.15, -0.1) is 11.3 Å². The van der Waals surface area contributed by atoms with Crippen LogP contribution in [-0.4, -0.2) is 36.2 Å². The fraction of sp³-hybridized carbons (Fsp3) is 0.143. The van der Waals surface area contributed by atoms with Gasteiger partial charge in [0.2, 0.25) is 0 Å². The number of aromatic nitrogens is 1. The van der Waals surface area contributed by atoms with Crippen LogP contribution in [0, 0.1) is 17.4 Å². The lowest BCUT2D eigenvalue weighted by atomic mass is 10.1. The Balaban J connectivity index is 1.17. The zero-order valence-electron chi connectivity index (χ0n) is 25.5. The van der Waals surface area contributed by atoms with E-state index >= 15 is 0 Å². The second-order valence-electron chi connectivity index (χ2n) is 10.3. The van der Waals surface area contributed by atoms with Gasteiger partial charge in [-0.2, -0.15) is 5.10 Å². The van der Waals surface area contributed by atoms with Crippen molar-refractivity contribution in [1.82, 2.24) is 10.4 Å². The minimum atomic E-state index is -0.345. The Bertz CT molecular complexity index is 1860. The highest BCUT2D eigenvalue weighted by Gasteiger charge is 2.14. The number of hydrogen-bond acceptors (Lipinski definition) is 8. The maximum Gasteiger partial charge on any atom is 0.271 e. The summed E-state index contributed by atoms with van der Waals surface area (Å²) < 4.78 is 12.4. The van der Waals surface area contributed by atoms with Crippen LogP contribution in [0.5, 0.6) is 11.5 Å². The van der Waals surface area contributed by atoms with Crippen molar-refractivity contribution in [1.29, 1.82) is 0 Å². The summed E-state index contributed by atoms with van der Waals surface area (Å²) in [7, 11) is 0. The fourth-order valence-corrected chi connectivity index (χ4v) is 5.89. The quantitative estimate of drug-likeness (QED) is 0.0679. The Hall–Kier alpha value is -4.75. The number of rotatable bonds is 12. The number of carbonyl (C=O) groups excluding carboxylic acids is 2. The van der Waals surface area contributed by atoms with Crippen LogP contribution >= 0.6 is 33.9 Å². The summed E-state index contributed by atoms with van der Waals surface area (Å²) in [6, 6.07) is 26.5. The van der Waals surface area contributed by atoms with E-state index in [9.17, 15) is 9.59 Å². The second kappa shape index (κ2) is 15.5. The molecule has 2 amide bonds. The lowest BCUT2D eigenvalue weighted by molar-refractivity contribution is -0.118. The van der Waals surface area contributed by atoms with Crippen LogP contribution in [0.3, 0.4) is 0 Å². The van der Waals surface area contributed by atoms with Gasteiger partial charge in [0.15, 0.2) is 23.2 Å². The first kappa shape index (κ1) is 32.6. The normalized spacial score (nSPS) is 10.9. The maximum atomic E-state index is 12.8. The molecule has 0 atom stereocenters. The average molecular weight is 746 g/mol. The van der Waals surface area contributed by atoms with Gasteiger partial charge >= 0.3 is 0 Å². The van der Waals surface area contributed by atoms with Gasteiger partial charge < -0.3 is 20.1 Å².